The van der Waals surface area contributed by atoms with Crippen LogP contribution < -0.4 is 0 Å². The number of benzene rings is 3. The van der Waals surface area contributed by atoms with Crippen LogP contribution in [0.15, 0.2) is 77.7 Å². The molecule has 45 heavy (non-hydrogen) atoms. The van der Waals surface area contributed by atoms with Crippen LogP contribution in [0.1, 0.15) is 52.7 Å². The molecule has 0 aliphatic carbocycles. The minimum atomic E-state index is -3.74. The van der Waals surface area contributed by atoms with Crippen molar-refractivity contribution in [1.82, 2.24) is 14.1 Å². The van der Waals surface area contributed by atoms with Gasteiger partial charge in [-0.3, -0.25) is 14.6 Å². The van der Waals surface area contributed by atoms with Crippen LogP contribution in [0.5, 0.6) is 0 Å². The molecule has 1 spiro atoms. The van der Waals surface area contributed by atoms with Crippen LogP contribution in [0.4, 0.5) is 9.18 Å². The van der Waals surface area contributed by atoms with Gasteiger partial charge in [-0.25, -0.2) is 17.6 Å². The van der Waals surface area contributed by atoms with E-state index in [2.05, 4.69) is 11.0 Å². The second-order valence-corrected chi connectivity index (χ2v) is 14.1. The van der Waals surface area contributed by atoms with Crippen molar-refractivity contribution in [2.75, 3.05) is 32.7 Å². The highest BCUT2D eigenvalue weighted by molar-refractivity contribution is 7.89. The number of carbonyl (C=O) groups excluding carboxylic acids is 2. The Hall–Kier alpha value is -4.11. The predicted octanol–water partition coefficient (Wildman–Crippen LogP) is 4.97. The van der Waals surface area contributed by atoms with E-state index in [1.807, 2.05) is 24.3 Å². The summed E-state index contributed by atoms with van der Waals surface area (Å²) in [7, 11) is -3.74. The molecular formula is C34H35FN4O5S. The molecule has 1 amide bonds. The maximum Gasteiger partial charge on any atom is 0.410 e. The van der Waals surface area contributed by atoms with Crippen LogP contribution in [0.25, 0.3) is 0 Å². The zero-order chi connectivity index (χ0) is 31.6. The summed E-state index contributed by atoms with van der Waals surface area (Å²) in [6.07, 6.45) is 1.91. The summed E-state index contributed by atoms with van der Waals surface area (Å²) < 4.78 is 47.2. The topological polar surface area (TPSA) is 111 Å². The second-order valence-electron chi connectivity index (χ2n) is 12.2. The first kappa shape index (κ1) is 30.9. The number of piperidine rings is 2. The smallest absolute Gasteiger partial charge is 0.410 e. The third-order valence-corrected chi connectivity index (χ3v) is 11.1. The summed E-state index contributed by atoms with van der Waals surface area (Å²) in [5, 5.41) is 9.00. The molecule has 3 saturated heterocycles. The molecule has 3 fully saturated rings. The van der Waals surface area contributed by atoms with Gasteiger partial charge in [0.1, 0.15) is 11.4 Å². The third kappa shape index (κ3) is 6.78. The van der Waals surface area contributed by atoms with E-state index in [0.29, 0.717) is 37.1 Å². The molecule has 0 atom stereocenters. The number of halogens is 1. The Labute approximate surface area is 262 Å². The number of hydrogen-bond donors (Lipinski definition) is 0. The van der Waals surface area contributed by atoms with Gasteiger partial charge in [0.2, 0.25) is 10.0 Å². The lowest BCUT2D eigenvalue weighted by Gasteiger charge is -2.37. The average Bonchev–Trinajstić information content (AvgIpc) is 3.36. The molecule has 0 radical (unpaired) electrons. The molecule has 234 valence electrons. The Morgan fingerprint density at radius 3 is 2.11 bits per heavy atom. The Bertz CT molecular complexity index is 1690. The minimum absolute atomic E-state index is 0.0905. The van der Waals surface area contributed by atoms with Gasteiger partial charge < -0.3 is 4.74 Å². The first-order valence-electron chi connectivity index (χ1n) is 15.2. The van der Waals surface area contributed by atoms with Gasteiger partial charge >= 0.3 is 6.09 Å². The van der Waals surface area contributed by atoms with Crippen molar-refractivity contribution >= 4 is 21.9 Å². The number of amides is 1. The molecule has 6 rings (SSSR count). The SMILES string of the molecule is N#Cc1ccc(CN2CCC3(CC2)CN(Cc2ccc(S(=O)(=O)N4CCC(C(=O)c5ccc(F)cc5)CC4)cc2)C(=O)O3)cc1. The zero-order valence-corrected chi connectivity index (χ0v) is 25.7. The van der Waals surface area contributed by atoms with Gasteiger partial charge in [-0.2, -0.15) is 9.57 Å². The number of nitrogens with zero attached hydrogens (tertiary/aromatic N) is 4. The summed E-state index contributed by atoms with van der Waals surface area (Å²) >= 11 is 0. The highest BCUT2D eigenvalue weighted by atomic mass is 32.2. The van der Waals surface area contributed by atoms with Crippen molar-refractivity contribution in [1.29, 1.82) is 5.26 Å². The monoisotopic (exact) mass is 630 g/mol. The molecule has 0 saturated carbocycles. The van der Waals surface area contributed by atoms with Crippen LogP contribution in [0, 0.1) is 23.1 Å². The number of rotatable bonds is 8. The molecule has 3 aliphatic rings. The molecule has 9 nitrogen and oxygen atoms in total. The lowest BCUT2D eigenvalue weighted by molar-refractivity contribution is -0.00125. The van der Waals surface area contributed by atoms with Crippen LogP contribution in [0.2, 0.25) is 0 Å². The normalized spacial score (nSPS) is 19.4. The second kappa shape index (κ2) is 12.7. The van der Waals surface area contributed by atoms with Crippen molar-refractivity contribution in [2.45, 2.75) is 49.3 Å². The fourth-order valence-electron chi connectivity index (χ4n) is 6.48. The Morgan fingerprint density at radius 2 is 1.49 bits per heavy atom. The van der Waals surface area contributed by atoms with Crippen molar-refractivity contribution in [3.8, 4) is 6.07 Å². The molecule has 3 aliphatic heterocycles. The van der Waals surface area contributed by atoms with Gasteiger partial charge in [0.25, 0.3) is 0 Å². The molecule has 3 aromatic rings. The standard InChI is InChI=1S/C34H35FN4O5S/c35-30-9-7-28(8-10-30)32(40)29-13-17-39(18-14-29)45(42,43)31-11-5-27(6-12-31)23-38-24-34(44-33(38)41)15-19-37(20-16-34)22-26-3-1-25(21-36)2-4-26/h1-12,29H,13-20,22-24H2. The molecule has 0 aromatic heterocycles. The highest BCUT2D eigenvalue weighted by Gasteiger charge is 2.46. The number of carbonyl (C=O) groups is 2. The summed E-state index contributed by atoms with van der Waals surface area (Å²) in [6, 6.07) is 21.8. The fraction of sp³-hybridized carbons (Fsp3) is 0.382. The van der Waals surface area contributed by atoms with E-state index >= 15 is 0 Å². The summed E-state index contributed by atoms with van der Waals surface area (Å²) in [5.74, 6) is -0.800. The molecular weight excluding hydrogens is 595 g/mol. The quantitative estimate of drug-likeness (QED) is 0.323. The zero-order valence-electron chi connectivity index (χ0n) is 24.9. The minimum Gasteiger partial charge on any atom is -0.441 e. The van der Waals surface area contributed by atoms with Crippen molar-refractivity contribution in [2.24, 2.45) is 5.92 Å². The van der Waals surface area contributed by atoms with Crippen LogP contribution in [0.3, 0.4) is 0 Å². The van der Waals surface area contributed by atoms with Gasteiger partial charge in [-0.1, -0.05) is 24.3 Å². The number of hydrogen-bond acceptors (Lipinski definition) is 7. The maximum absolute atomic E-state index is 13.4. The molecule has 3 aromatic carbocycles. The van der Waals surface area contributed by atoms with Crippen molar-refractivity contribution in [3.05, 3.63) is 101 Å². The Kier molecular flexibility index (Phi) is 8.73. The number of ketones is 1. The Morgan fingerprint density at radius 1 is 0.889 bits per heavy atom. The van der Waals surface area contributed by atoms with Gasteiger partial charge in [0.05, 0.1) is 23.1 Å². The number of Topliss-reactive ketones (excluding diaryl/α,β-unsaturated/α-hetero) is 1. The molecule has 0 bridgehead atoms. The van der Waals surface area contributed by atoms with Gasteiger partial charge in [-0.05, 0) is 72.5 Å². The summed E-state index contributed by atoms with van der Waals surface area (Å²) in [6.45, 7) is 3.65. The van der Waals surface area contributed by atoms with E-state index in [4.69, 9.17) is 10.00 Å². The van der Waals surface area contributed by atoms with Crippen molar-refractivity contribution < 1.29 is 27.1 Å². The highest BCUT2D eigenvalue weighted by Crippen LogP contribution is 2.35. The first-order chi connectivity index (χ1) is 21.6. The average molecular weight is 631 g/mol. The fourth-order valence-corrected chi connectivity index (χ4v) is 7.95. The molecule has 11 heteroatoms. The predicted molar refractivity (Wildman–Crippen MR) is 164 cm³/mol. The van der Waals surface area contributed by atoms with Crippen molar-refractivity contribution in [3.63, 3.8) is 0 Å². The number of nitriles is 1. The Balaban J connectivity index is 1.00. The summed E-state index contributed by atoms with van der Waals surface area (Å²) in [5.41, 5.74) is 2.50. The molecule has 0 unspecified atom stereocenters. The maximum atomic E-state index is 13.4. The van der Waals surface area contributed by atoms with E-state index in [-0.39, 0.29) is 35.8 Å². The van der Waals surface area contributed by atoms with Crippen LogP contribution in [-0.2, 0) is 27.8 Å². The number of ether oxygens (including phenoxy) is 1. The van der Waals surface area contributed by atoms with Gasteiger partial charge in [0.15, 0.2) is 5.78 Å². The summed E-state index contributed by atoms with van der Waals surface area (Å²) in [4.78, 5) is 29.8. The van der Waals surface area contributed by atoms with E-state index in [0.717, 1.165) is 43.6 Å². The van der Waals surface area contributed by atoms with E-state index in [9.17, 15) is 22.4 Å². The van der Waals surface area contributed by atoms with Gasteiger partial charge in [-0.15, -0.1) is 0 Å². The number of sulfonamides is 1. The largest absolute Gasteiger partial charge is 0.441 e. The number of likely N-dealkylation sites (tertiary alicyclic amines) is 1. The van der Waals surface area contributed by atoms with E-state index < -0.39 is 21.4 Å². The lowest BCUT2D eigenvalue weighted by atomic mass is 9.90. The van der Waals surface area contributed by atoms with Crippen LogP contribution >= 0.6 is 0 Å². The van der Waals surface area contributed by atoms with Crippen LogP contribution in [-0.4, -0.2) is 72.7 Å². The van der Waals surface area contributed by atoms with Gasteiger partial charge in [0, 0.05) is 63.6 Å². The van der Waals surface area contributed by atoms with E-state index in [1.165, 1.54) is 28.6 Å². The van der Waals surface area contributed by atoms with E-state index in [1.54, 1.807) is 29.2 Å². The molecule has 0 N–H and O–H groups in total. The first-order valence-corrected chi connectivity index (χ1v) is 16.7. The molecule has 3 heterocycles. The lowest BCUT2D eigenvalue weighted by Crippen LogP contribution is -2.46. The third-order valence-electron chi connectivity index (χ3n) is 9.19.